The molecule has 5 heteroatoms. The maximum atomic E-state index is 11.1. The molecule has 0 amide bonds. The minimum Gasteiger partial charge on any atom is -0.481 e. The summed E-state index contributed by atoms with van der Waals surface area (Å²) >= 11 is 0. The van der Waals surface area contributed by atoms with Gasteiger partial charge in [-0.25, -0.2) is 0 Å². The lowest BCUT2D eigenvalue weighted by atomic mass is 10.0. The third kappa shape index (κ3) is 4.84. The van der Waals surface area contributed by atoms with Crippen LogP contribution in [0, 0.1) is 0 Å². The Morgan fingerprint density at radius 1 is 1.00 bits per heavy atom. The Morgan fingerprint density at radius 3 is 2.04 bits per heavy atom. The quantitative estimate of drug-likeness (QED) is 0.783. The number of rotatable bonds is 7. The number of hydrogen-bond donors (Lipinski definition) is 1. The van der Waals surface area contributed by atoms with Crippen molar-refractivity contribution in [1.29, 1.82) is 0 Å². The van der Waals surface area contributed by atoms with Crippen LogP contribution < -0.4 is 4.74 Å². The average Bonchev–Trinajstić information content (AvgIpc) is 2.60. The van der Waals surface area contributed by atoms with E-state index in [0.717, 1.165) is 11.1 Å². The first-order chi connectivity index (χ1) is 11.5. The largest absolute Gasteiger partial charge is 0.481 e. The van der Waals surface area contributed by atoms with Crippen LogP contribution in [-0.4, -0.2) is 24.2 Å². The van der Waals surface area contributed by atoms with E-state index in [-0.39, 0.29) is 5.97 Å². The van der Waals surface area contributed by atoms with Crippen LogP contribution in [0.4, 0.5) is 0 Å². The summed E-state index contributed by atoms with van der Waals surface area (Å²) in [6, 6.07) is 14.5. The number of ether oxygens (including phenoxy) is 2. The summed E-state index contributed by atoms with van der Waals surface area (Å²) < 4.78 is 10.4. The lowest BCUT2D eigenvalue weighted by Gasteiger charge is -2.09. The maximum Gasteiger partial charge on any atom is 0.310 e. The highest BCUT2D eigenvalue weighted by Gasteiger charge is 2.13. The first-order valence-electron chi connectivity index (χ1n) is 7.66. The van der Waals surface area contributed by atoms with Gasteiger partial charge in [0.15, 0.2) is 0 Å². The van der Waals surface area contributed by atoms with E-state index in [1.807, 2.05) is 24.3 Å². The van der Waals surface area contributed by atoms with Crippen LogP contribution >= 0.6 is 0 Å². The summed E-state index contributed by atoms with van der Waals surface area (Å²) in [4.78, 5) is 22.1. The van der Waals surface area contributed by atoms with Gasteiger partial charge in [-0.15, -0.1) is 0 Å². The lowest BCUT2D eigenvalue weighted by Crippen LogP contribution is -2.06. The third-order valence-electron chi connectivity index (χ3n) is 3.76. The van der Waals surface area contributed by atoms with Crippen molar-refractivity contribution in [2.24, 2.45) is 0 Å². The molecule has 24 heavy (non-hydrogen) atoms. The Morgan fingerprint density at radius 2 is 1.54 bits per heavy atom. The van der Waals surface area contributed by atoms with Gasteiger partial charge in [0, 0.05) is 6.42 Å². The number of hydrogen-bond acceptors (Lipinski definition) is 4. The predicted octanol–water partition coefficient (Wildman–Crippen LogP) is 3.77. The molecule has 1 atom stereocenters. The van der Waals surface area contributed by atoms with E-state index in [2.05, 4.69) is 4.74 Å². The Kier molecular flexibility index (Phi) is 5.95. The number of carboxylic acid groups (broad SMARTS) is 1. The van der Waals surface area contributed by atoms with Gasteiger partial charge >= 0.3 is 11.9 Å². The van der Waals surface area contributed by atoms with Crippen molar-refractivity contribution in [2.75, 3.05) is 7.11 Å². The Bertz CT molecular complexity index is 689. The molecular formula is C19H20O5. The second kappa shape index (κ2) is 8.15. The normalized spacial score (nSPS) is 11.6. The Hall–Kier alpha value is -2.82. The fraction of sp³-hybridized carbons (Fsp3) is 0.263. The molecule has 0 aliphatic rings. The zero-order valence-electron chi connectivity index (χ0n) is 13.7. The molecule has 2 aromatic carbocycles. The molecule has 0 spiro atoms. The third-order valence-corrected chi connectivity index (χ3v) is 3.76. The number of carboxylic acids is 1. The molecule has 0 heterocycles. The number of carbonyl (C=O) groups excluding carboxylic acids is 1. The second-order valence-electron chi connectivity index (χ2n) is 5.45. The van der Waals surface area contributed by atoms with Gasteiger partial charge in [-0.05, 0) is 48.7 Å². The van der Waals surface area contributed by atoms with Crippen molar-refractivity contribution in [2.45, 2.75) is 25.7 Å². The highest BCUT2D eigenvalue weighted by Crippen LogP contribution is 2.24. The summed E-state index contributed by atoms with van der Waals surface area (Å²) in [7, 11) is 1.38. The summed E-state index contributed by atoms with van der Waals surface area (Å²) in [6.07, 6.45) is 0.967. The van der Waals surface area contributed by atoms with Crippen LogP contribution in [0.5, 0.6) is 11.5 Å². The Balaban J connectivity index is 1.96. The fourth-order valence-corrected chi connectivity index (χ4v) is 2.18. The minimum absolute atomic E-state index is 0.231. The molecule has 0 bridgehead atoms. The Labute approximate surface area is 140 Å². The van der Waals surface area contributed by atoms with Crippen LogP contribution in [0.25, 0.3) is 0 Å². The van der Waals surface area contributed by atoms with Crippen molar-refractivity contribution in [3.05, 3.63) is 59.7 Å². The molecule has 0 fully saturated rings. The number of aliphatic carboxylic acids is 1. The van der Waals surface area contributed by atoms with Crippen LogP contribution in [0.3, 0.4) is 0 Å². The van der Waals surface area contributed by atoms with E-state index in [4.69, 9.17) is 9.84 Å². The first kappa shape index (κ1) is 17.5. The monoisotopic (exact) mass is 328 g/mol. The van der Waals surface area contributed by atoms with Crippen molar-refractivity contribution in [3.8, 4) is 11.5 Å². The van der Waals surface area contributed by atoms with Gasteiger partial charge in [0.1, 0.15) is 11.5 Å². The minimum atomic E-state index is -0.855. The van der Waals surface area contributed by atoms with E-state index in [9.17, 15) is 9.59 Å². The van der Waals surface area contributed by atoms with Gasteiger partial charge in [-0.1, -0.05) is 24.3 Å². The number of methoxy groups -OCH3 is 1. The number of esters is 1. The summed E-state index contributed by atoms with van der Waals surface area (Å²) in [5.41, 5.74) is 1.76. The number of aryl methyl sites for hydroxylation is 1. The van der Waals surface area contributed by atoms with Gasteiger partial charge in [-0.3, -0.25) is 9.59 Å². The topological polar surface area (TPSA) is 72.8 Å². The molecule has 5 nitrogen and oxygen atoms in total. The molecule has 2 aromatic rings. The van der Waals surface area contributed by atoms with E-state index in [1.54, 1.807) is 31.2 Å². The van der Waals surface area contributed by atoms with Crippen LogP contribution in [0.2, 0.25) is 0 Å². The molecule has 0 saturated carbocycles. The fourth-order valence-electron chi connectivity index (χ4n) is 2.18. The van der Waals surface area contributed by atoms with Crippen LogP contribution in [0.1, 0.15) is 30.4 Å². The summed E-state index contributed by atoms with van der Waals surface area (Å²) in [6.45, 7) is 1.64. The van der Waals surface area contributed by atoms with E-state index in [0.29, 0.717) is 24.3 Å². The highest BCUT2D eigenvalue weighted by molar-refractivity contribution is 5.75. The molecule has 0 aliphatic carbocycles. The van der Waals surface area contributed by atoms with Gasteiger partial charge in [-0.2, -0.15) is 0 Å². The molecule has 0 aromatic heterocycles. The van der Waals surface area contributed by atoms with Crippen molar-refractivity contribution in [1.82, 2.24) is 0 Å². The molecule has 0 aliphatic heterocycles. The predicted molar refractivity (Wildman–Crippen MR) is 89.3 cm³/mol. The molecule has 2 rings (SSSR count). The highest BCUT2D eigenvalue weighted by atomic mass is 16.5. The molecule has 0 radical (unpaired) electrons. The van der Waals surface area contributed by atoms with E-state index >= 15 is 0 Å². The SMILES string of the molecule is COC(=O)CCc1ccc(Oc2ccc(C(C)C(=O)O)cc2)cc1. The number of carbonyl (C=O) groups is 2. The van der Waals surface area contributed by atoms with Gasteiger partial charge in [0.05, 0.1) is 13.0 Å². The molecule has 1 N–H and O–H groups in total. The zero-order valence-corrected chi connectivity index (χ0v) is 13.7. The second-order valence-corrected chi connectivity index (χ2v) is 5.45. The summed E-state index contributed by atoms with van der Waals surface area (Å²) in [5.74, 6) is -0.320. The number of benzene rings is 2. The first-order valence-corrected chi connectivity index (χ1v) is 7.66. The standard InChI is InChI=1S/C19H20O5/c1-13(19(21)22)15-6-10-17(11-7-15)24-16-8-3-14(4-9-16)5-12-18(20)23-2/h3-4,6-11,13H,5,12H2,1-2H3,(H,21,22). The smallest absolute Gasteiger partial charge is 0.310 e. The van der Waals surface area contributed by atoms with Gasteiger partial charge in [0.2, 0.25) is 0 Å². The molecule has 126 valence electrons. The van der Waals surface area contributed by atoms with Gasteiger partial charge < -0.3 is 14.6 Å². The van der Waals surface area contributed by atoms with E-state index < -0.39 is 11.9 Å². The maximum absolute atomic E-state index is 11.1. The lowest BCUT2D eigenvalue weighted by molar-refractivity contribution is -0.140. The zero-order chi connectivity index (χ0) is 17.5. The van der Waals surface area contributed by atoms with Gasteiger partial charge in [0.25, 0.3) is 0 Å². The molecule has 0 saturated heterocycles. The van der Waals surface area contributed by atoms with E-state index in [1.165, 1.54) is 7.11 Å². The van der Waals surface area contributed by atoms with Crippen molar-refractivity contribution < 1.29 is 24.2 Å². The van der Waals surface area contributed by atoms with Crippen LogP contribution in [-0.2, 0) is 20.7 Å². The van der Waals surface area contributed by atoms with Crippen molar-refractivity contribution >= 4 is 11.9 Å². The van der Waals surface area contributed by atoms with Crippen LogP contribution in [0.15, 0.2) is 48.5 Å². The van der Waals surface area contributed by atoms with Crippen molar-refractivity contribution in [3.63, 3.8) is 0 Å². The molecule has 1 unspecified atom stereocenters. The average molecular weight is 328 g/mol. The summed E-state index contributed by atoms with van der Waals surface area (Å²) in [5, 5.41) is 9.00. The molecular weight excluding hydrogens is 308 g/mol.